The van der Waals surface area contributed by atoms with Crippen molar-refractivity contribution in [1.82, 2.24) is 5.32 Å². The predicted octanol–water partition coefficient (Wildman–Crippen LogP) is 4.18. The highest BCUT2D eigenvalue weighted by atomic mass is 16.5. The SMILES string of the molecule is CCOC(=O)C=C1NC2(CCCCC2)C(C)(C)c2cc(OC)ccc21. The standard InChI is InChI=1S/C21H29NO3/c1-5-25-19(23)14-18-16-10-9-15(24-4)13-17(16)20(2,3)21(22-18)11-7-6-8-12-21/h9-10,13-14,22H,5-8,11-12H2,1-4H3. The number of carbonyl (C=O) groups excluding carboxylic acids is 1. The Hall–Kier alpha value is -1.97. The number of rotatable bonds is 3. The molecular formula is C21H29NO3. The van der Waals surface area contributed by atoms with Gasteiger partial charge in [0.25, 0.3) is 0 Å². The summed E-state index contributed by atoms with van der Waals surface area (Å²) >= 11 is 0. The van der Waals surface area contributed by atoms with Gasteiger partial charge in [0.05, 0.1) is 13.7 Å². The molecule has 136 valence electrons. The van der Waals surface area contributed by atoms with Gasteiger partial charge in [-0.2, -0.15) is 0 Å². The summed E-state index contributed by atoms with van der Waals surface area (Å²) in [5.41, 5.74) is 3.09. The zero-order valence-corrected chi connectivity index (χ0v) is 15.8. The van der Waals surface area contributed by atoms with Crippen molar-refractivity contribution in [3.8, 4) is 5.75 Å². The molecule has 1 N–H and O–H groups in total. The lowest BCUT2D eigenvalue weighted by Crippen LogP contribution is -2.61. The third-order valence-corrected chi connectivity index (χ3v) is 6.02. The third-order valence-electron chi connectivity index (χ3n) is 6.02. The van der Waals surface area contributed by atoms with E-state index in [9.17, 15) is 4.79 Å². The number of ether oxygens (including phenoxy) is 2. The van der Waals surface area contributed by atoms with Crippen molar-refractivity contribution in [2.24, 2.45) is 0 Å². The Morgan fingerprint density at radius 2 is 1.96 bits per heavy atom. The van der Waals surface area contributed by atoms with Gasteiger partial charge in [0.1, 0.15) is 5.75 Å². The molecule has 0 unspecified atom stereocenters. The predicted molar refractivity (Wildman–Crippen MR) is 99.6 cm³/mol. The van der Waals surface area contributed by atoms with E-state index in [1.807, 2.05) is 19.1 Å². The topological polar surface area (TPSA) is 47.6 Å². The highest BCUT2D eigenvalue weighted by Gasteiger charge is 2.50. The minimum Gasteiger partial charge on any atom is -0.497 e. The lowest BCUT2D eigenvalue weighted by molar-refractivity contribution is -0.137. The Kier molecular flexibility index (Phi) is 4.81. The highest BCUT2D eigenvalue weighted by molar-refractivity contribution is 5.92. The lowest BCUT2D eigenvalue weighted by atomic mass is 9.58. The average Bonchev–Trinajstić information content (AvgIpc) is 2.60. The molecule has 1 heterocycles. The van der Waals surface area contributed by atoms with E-state index in [0.29, 0.717) is 6.61 Å². The van der Waals surface area contributed by atoms with E-state index in [1.54, 1.807) is 13.2 Å². The second kappa shape index (κ2) is 6.74. The molecule has 0 amide bonds. The Morgan fingerprint density at radius 3 is 2.60 bits per heavy atom. The van der Waals surface area contributed by atoms with Crippen molar-refractivity contribution in [2.45, 2.75) is 63.8 Å². The fourth-order valence-electron chi connectivity index (χ4n) is 4.46. The van der Waals surface area contributed by atoms with Crippen LogP contribution in [-0.2, 0) is 14.9 Å². The number of benzene rings is 1. The third kappa shape index (κ3) is 3.03. The molecular weight excluding hydrogens is 314 g/mol. The quantitative estimate of drug-likeness (QED) is 0.660. The molecule has 1 aromatic rings. The summed E-state index contributed by atoms with van der Waals surface area (Å²) < 4.78 is 10.6. The minimum absolute atomic E-state index is 0.0387. The van der Waals surface area contributed by atoms with Crippen LogP contribution in [0.25, 0.3) is 5.70 Å². The van der Waals surface area contributed by atoms with Crippen LogP contribution in [-0.4, -0.2) is 25.2 Å². The van der Waals surface area contributed by atoms with Gasteiger partial charge in [-0.25, -0.2) is 4.79 Å². The first-order valence-corrected chi connectivity index (χ1v) is 9.29. The number of esters is 1. The number of hydrogen-bond acceptors (Lipinski definition) is 4. The number of carbonyl (C=O) groups is 1. The molecule has 3 rings (SSSR count). The second-order valence-corrected chi connectivity index (χ2v) is 7.61. The summed E-state index contributed by atoms with van der Waals surface area (Å²) in [5, 5.41) is 3.76. The van der Waals surface area contributed by atoms with E-state index in [1.165, 1.54) is 24.8 Å². The number of fused-ring (bicyclic) bond motifs is 1. The van der Waals surface area contributed by atoms with Crippen LogP contribution >= 0.6 is 0 Å². The normalized spacial score (nSPS) is 22.2. The molecule has 1 aliphatic carbocycles. The Bertz CT molecular complexity index is 684. The smallest absolute Gasteiger partial charge is 0.332 e. The molecule has 1 aliphatic heterocycles. The molecule has 1 saturated carbocycles. The van der Waals surface area contributed by atoms with Gasteiger partial charge < -0.3 is 14.8 Å². The minimum atomic E-state index is -0.294. The first-order valence-electron chi connectivity index (χ1n) is 9.29. The van der Waals surface area contributed by atoms with Crippen LogP contribution in [0.3, 0.4) is 0 Å². The van der Waals surface area contributed by atoms with E-state index < -0.39 is 0 Å². The Morgan fingerprint density at radius 1 is 1.24 bits per heavy atom. The van der Waals surface area contributed by atoms with E-state index in [4.69, 9.17) is 9.47 Å². The molecule has 1 aromatic carbocycles. The monoisotopic (exact) mass is 343 g/mol. The van der Waals surface area contributed by atoms with E-state index in [2.05, 4.69) is 25.2 Å². The molecule has 1 fully saturated rings. The van der Waals surface area contributed by atoms with Crippen LogP contribution < -0.4 is 10.1 Å². The maximum atomic E-state index is 12.1. The van der Waals surface area contributed by atoms with Crippen LogP contribution in [0, 0.1) is 0 Å². The fourth-order valence-corrected chi connectivity index (χ4v) is 4.46. The van der Waals surface area contributed by atoms with E-state index in [0.717, 1.165) is 29.9 Å². The average molecular weight is 343 g/mol. The molecule has 0 radical (unpaired) electrons. The van der Waals surface area contributed by atoms with Gasteiger partial charge in [-0.3, -0.25) is 0 Å². The molecule has 0 aromatic heterocycles. The molecule has 0 atom stereocenters. The fraction of sp³-hybridized carbons (Fsp3) is 0.571. The molecule has 1 spiro atoms. The van der Waals surface area contributed by atoms with Crippen molar-refractivity contribution in [2.75, 3.05) is 13.7 Å². The van der Waals surface area contributed by atoms with Gasteiger partial charge in [0.15, 0.2) is 0 Å². The maximum Gasteiger partial charge on any atom is 0.332 e. The van der Waals surface area contributed by atoms with Crippen LogP contribution in [0.5, 0.6) is 5.75 Å². The van der Waals surface area contributed by atoms with Gasteiger partial charge in [-0.15, -0.1) is 0 Å². The molecule has 0 saturated heterocycles. The summed E-state index contributed by atoms with van der Waals surface area (Å²) in [6.45, 7) is 6.83. The Balaban J connectivity index is 2.14. The molecule has 25 heavy (non-hydrogen) atoms. The van der Waals surface area contributed by atoms with Gasteiger partial charge in [-0.05, 0) is 43.5 Å². The van der Waals surface area contributed by atoms with Crippen molar-refractivity contribution in [3.63, 3.8) is 0 Å². The van der Waals surface area contributed by atoms with Gasteiger partial charge in [-0.1, -0.05) is 33.1 Å². The summed E-state index contributed by atoms with van der Waals surface area (Å²) in [4.78, 5) is 12.1. The molecule has 0 bridgehead atoms. The van der Waals surface area contributed by atoms with Crippen LogP contribution in [0.2, 0.25) is 0 Å². The lowest BCUT2D eigenvalue weighted by Gasteiger charge is -2.55. The summed E-state index contributed by atoms with van der Waals surface area (Å²) in [6, 6.07) is 6.13. The van der Waals surface area contributed by atoms with E-state index in [-0.39, 0.29) is 16.9 Å². The summed E-state index contributed by atoms with van der Waals surface area (Å²) in [7, 11) is 1.70. The molecule has 4 heteroatoms. The maximum absolute atomic E-state index is 12.1. The highest BCUT2D eigenvalue weighted by Crippen LogP contribution is 2.50. The van der Waals surface area contributed by atoms with Gasteiger partial charge in [0.2, 0.25) is 0 Å². The van der Waals surface area contributed by atoms with E-state index >= 15 is 0 Å². The molecule has 2 aliphatic rings. The summed E-state index contributed by atoms with van der Waals surface area (Å²) in [6.07, 6.45) is 7.53. The van der Waals surface area contributed by atoms with Gasteiger partial charge >= 0.3 is 5.97 Å². The van der Waals surface area contributed by atoms with Crippen molar-refractivity contribution in [1.29, 1.82) is 0 Å². The van der Waals surface area contributed by atoms with Crippen LogP contribution in [0.4, 0.5) is 0 Å². The zero-order chi connectivity index (χ0) is 18.1. The summed E-state index contributed by atoms with van der Waals surface area (Å²) in [5.74, 6) is 0.563. The zero-order valence-electron chi connectivity index (χ0n) is 15.8. The Labute approximate surface area is 150 Å². The first kappa shape index (κ1) is 17.8. The van der Waals surface area contributed by atoms with Crippen molar-refractivity contribution >= 4 is 11.7 Å². The molecule has 4 nitrogen and oxygen atoms in total. The number of methoxy groups -OCH3 is 1. The number of nitrogens with one attached hydrogen (secondary N) is 1. The van der Waals surface area contributed by atoms with Crippen molar-refractivity contribution in [3.05, 3.63) is 35.4 Å². The second-order valence-electron chi connectivity index (χ2n) is 7.61. The van der Waals surface area contributed by atoms with Crippen molar-refractivity contribution < 1.29 is 14.3 Å². The largest absolute Gasteiger partial charge is 0.497 e. The van der Waals surface area contributed by atoms with Gasteiger partial charge in [0, 0.05) is 28.3 Å². The van der Waals surface area contributed by atoms with Crippen LogP contribution in [0.1, 0.15) is 64.0 Å². The van der Waals surface area contributed by atoms with Crippen LogP contribution in [0.15, 0.2) is 24.3 Å². The number of hydrogen-bond donors (Lipinski definition) is 1. The first-order chi connectivity index (χ1) is 11.9.